The second kappa shape index (κ2) is 4.94. The van der Waals surface area contributed by atoms with E-state index in [0.29, 0.717) is 5.89 Å². The molecule has 0 atom stereocenters. The molecule has 1 heterocycles. The molecule has 0 aliphatic rings. The standard InChI is InChI=1S/C13H16N2O/c1-15(2)9-8-12-10-16-13(14-12)11-6-4-3-5-7-11/h3-7,10H,8-9H2,1-2H3. The van der Waals surface area contributed by atoms with E-state index in [1.54, 1.807) is 6.26 Å². The zero-order valence-electron chi connectivity index (χ0n) is 9.68. The lowest BCUT2D eigenvalue weighted by Gasteiger charge is -2.06. The van der Waals surface area contributed by atoms with Crippen molar-refractivity contribution in [1.29, 1.82) is 0 Å². The van der Waals surface area contributed by atoms with Crippen molar-refractivity contribution in [1.82, 2.24) is 9.88 Å². The first kappa shape index (κ1) is 10.9. The fraction of sp³-hybridized carbons (Fsp3) is 0.308. The highest BCUT2D eigenvalue weighted by molar-refractivity contribution is 5.52. The Morgan fingerprint density at radius 3 is 2.62 bits per heavy atom. The van der Waals surface area contributed by atoms with Crippen LogP contribution in [0.1, 0.15) is 5.69 Å². The lowest BCUT2D eigenvalue weighted by molar-refractivity contribution is 0.411. The second-order valence-corrected chi connectivity index (χ2v) is 4.06. The van der Waals surface area contributed by atoms with Gasteiger partial charge in [-0.25, -0.2) is 4.98 Å². The van der Waals surface area contributed by atoms with E-state index >= 15 is 0 Å². The summed E-state index contributed by atoms with van der Waals surface area (Å²) in [7, 11) is 4.11. The topological polar surface area (TPSA) is 29.3 Å². The maximum absolute atomic E-state index is 5.45. The van der Waals surface area contributed by atoms with Gasteiger partial charge in [-0.2, -0.15) is 0 Å². The first-order valence-electron chi connectivity index (χ1n) is 5.40. The highest BCUT2D eigenvalue weighted by Crippen LogP contribution is 2.17. The lowest BCUT2D eigenvalue weighted by atomic mass is 10.2. The van der Waals surface area contributed by atoms with Crippen molar-refractivity contribution in [2.24, 2.45) is 0 Å². The van der Waals surface area contributed by atoms with Crippen LogP contribution in [0, 0.1) is 0 Å². The predicted molar refractivity (Wildman–Crippen MR) is 64.2 cm³/mol. The van der Waals surface area contributed by atoms with Crippen LogP contribution >= 0.6 is 0 Å². The summed E-state index contributed by atoms with van der Waals surface area (Å²) in [6.07, 6.45) is 2.66. The van der Waals surface area contributed by atoms with Crippen molar-refractivity contribution in [2.45, 2.75) is 6.42 Å². The lowest BCUT2D eigenvalue weighted by Crippen LogP contribution is -2.15. The van der Waals surface area contributed by atoms with Crippen LogP contribution in [0.5, 0.6) is 0 Å². The SMILES string of the molecule is CN(C)CCc1coc(-c2ccccc2)n1. The highest BCUT2D eigenvalue weighted by Gasteiger charge is 2.05. The average molecular weight is 216 g/mol. The van der Waals surface area contributed by atoms with Gasteiger partial charge in [0.2, 0.25) is 5.89 Å². The fourth-order valence-electron chi connectivity index (χ4n) is 1.47. The summed E-state index contributed by atoms with van der Waals surface area (Å²) in [6.45, 7) is 0.987. The summed E-state index contributed by atoms with van der Waals surface area (Å²) in [5.74, 6) is 0.703. The Labute approximate surface area is 95.7 Å². The molecule has 1 aromatic heterocycles. The summed E-state index contributed by atoms with van der Waals surface area (Å²) in [5.41, 5.74) is 2.03. The smallest absolute Gasteiger partial charge is 0.226 e. The van der Waals surface area contributed by atoms with E-state index in [4.69, 9.17) is 4.42 Å². The molecule has 0 amide bonds. The van der Waals surface area contributed by atoms with Crippen LogP contribution < -0.4 is 0 Å². The van der Waals surface area contributed by atoms with E-state index in [-0.39, 0.29) is 0 Å². The number of likely N-dealkylation sites (N-methyl/N-ethyl adjacent to an activating group) is 1. The van der Waals surface area contributed by atoms with Crippen molar-refractivity contribution in [3.8, 4) is 11.5 Å². The Hall–Kier alpha value is -1.61. The number of aromatic nitrogens is 1. The minimum absolute atomic E-state index is 0.703. The number of rotatable bonds is 4. The normalized spacial score (nSPS) is 10.9. The maximum atomic E-state index is 5.45. The van der Waals surface area contributed by atoms with Gasteiger partial charge in [-0.15, -0.1) is 0 Å². The van der Waals surface area contributed by atoms with Crippen molar-refractivity contribution >= 4 is 0 Å². The molecule has 0 bridgehead atoms. The molecule has 3 heteroatoms. The summed E-state index contributed by atoms with van der Waals surface area (Å²) in [4.78, 5) is 6.59. The van der Waals surface area contributed by atoms with Gasteiger partial charge in [0.1, 0.15) is 6.26 Å². The zero-order chi connectivity index (χ0) is 11.4. The first-order chi connectivity index (χ1) is 7.75. The predicted octanol–water partition coefficient (Wildman–Crippen LogP) is 2.45. The average Bonchev–Trinajstić information content (AvgIpc) is 2.76. The van der Waals surface area contributed by atoms with Gasteiger partial charge in [0.05, 0.1) is 5.69 Å². The molecule has 84 valence electrons. The Morgan fingerprint density at radius 2 is 1.94 bits per heavy atom. The molecular formula is C13H16N2O. The van der Waals surface area contributed by atoms with Gasteiger partial charge in [0.25, 0.3) is 0 Å². The Bertz CT molecular complexity index is 434. The summed E-state index contributed by atoms with van der Waals surface area (Å²) in [6, 6.07) is 9.96. The van der Waals surface area contributed by atoms with Crippen LogP contribution in [-0.4, -0.2) is 30.5 Å². The number of hydrogen-bond donors (Lipinski definition) is 0. The van der Waals surface area contributed by atoms with Crippen LogP contribution in [-0.2, 0) is 6.42 Å². The number of nitrogens with zero attached hydrogens (tertiary/aromatic N) is 2. The molecule has 0 saturated carbocycles. The minimum Gasteiger partial charge on any atom is -0.444 e. The van der Waals surface area contributed by atoms with E-state index in [1.165, 1.54) is 0 Å². The molecular weight excluding hydrogens is 200 g/mol. The summed E-state index contributed by atoms with van der Waals surface area (Å²) < 4.78 is 5.45. The van der Waals surface area contributed by atoms with Crippen molar-refractivity contribution in [3.63, 3.8) is 0 Å². The third-order valence-electron chi connectivity index (χ3n) is 2.39. The zero-order valence-corrected chi connectivity index (χ0v) is 9.68. The first-order valence-corrected chi connectivity index (χ1v) is 5.40. The largest absolute Gasteiger partial charge is 0.444 e. The molecule has 0 spiro atoms. The van der Waals surface area contributed by atoms with Gasteiger partial charge in [-0.1, -0.05) is 18.2 Å². The third-order valence-corrected chi connectivity index (χ3v) is 2.39. The molecule has 0 saturated heterocycles. The van der Waals surface area contributed by atoms with Gasteiger partial charge in [0.15, 0.2) is 0 Å². The molecule has 2 aromatic rings. The summed E-state index contributed by atoms with van der Waals surface area (Å²) >= 11 is 0. The Balaban J connectivity index is 2.08. The number of benzene rings is 1. The molecule has 16 heavy (non-hydrogen) atoms. The number of oxazole rings is 1. The monoisotopic (exact) mass is 216 g/mol. The van der Waals surface area contributed by atoms with Crippen molar-refractivity contribution < 1.29 is 4.42 Å². The molecule has 2 rings (SSSR count). The molecule has 3 nitrogen and oxygen atoms in total. The molecule has 0 aliphatic heterocycles. The molecule has 0 unspecified atom stereocenters. The van der Waals surface area contributed by atoms with Crippen LogP contribution in [0.4, 0.5) is 0 Å². The van der Waals surface area contributed by atoms with E-state index < -0.39 is 0 Å². The van der Waals surface area contributed by atoms with Gasteiger partial charge in [-0.3, -0.25) is 0 Å². The quantitative estimate of drug-likeness (QED) is 0.786. The maximum Gasteiger partial charge on any atom is 0.226 e. The van der Waals surface area contributed by atoms with E-state index in [0.717, 1.165) is 24.2 Å². The van der Waals surface area contributed by atoms with E-state index in [9.17, 15) is 0 Å². The van der Waals surface area contributed by atoms with Crippen LogP contribution in [0.25, 0.3) is 11.5 Å². The minimum atomic E-state index is 0.703. The van der Waals surface area contributed by atoms with Crippen molar-refractivity contribution in [2.75, 3.05) is 20.6 Å². The van der Waals surface area contributed by atoms with Gasteiger partial charge in [-0.05, 0) is 26.2 Å². The summed E-state index contributed by atoms with van der Waals surface area (Å²) in [5, 5.41) is 0. The Morgan fingerprint density at radius 1 is 1.19 bits per heavy atom. The third kappa shape index (κ3) is 2.70. The van der Waals surface area contributed by atoms with E-state index in [2.05, 4.69) is 24.0 Å². The highest BCUT2D eigenvalue weighted by atomic mass is 16.3. The molecule has 0 radical (unpaired) electrons. The Kier molecular flexibility index (Phi) is 3.37. The fourth-order valence-corrected chi connectivity index (χ4v) is 1.47. The van der Waals surface area contributed by atoms with Crippen molar-refractivity contribution in [3.05, 3.63) is 42.3 Å². The van der Waals surface area contributed by atoms with Crippen LogP contribution in [0.2, 0.25) is 0 Å². The van der Waals surface area contributed by atoms with E-state index in [1.807, 2.05) is 30.3 Å². The van der Waals surface area contributed by atoms with Gasteiger partial charge >= 0.3 is 0 Å². The number of hydrogen-bond acceptors (Lipinski definition) is 3. The van der Waals surface area contributed by atoms with Crippen LogP contribution in [0.3, 0.4) is 0 Å². The van der Waals surface area contributed by atoms with Crippen LogP contribution in [0.15, 0.2) is 41.0 Å². The second-order valence-electron chi connectivity index (χ2n) is 4.06. The molecule has 1 aromatic carbocycles. The molecule has 0 aliphatic carbocycles. The molecule has 0 fully saturated rings. The molecule has 0 N–H and O–H groups in total. The van der Waals surface area contributed by atoms with Gasteiger partial charge < -0.3 is 9.32 Å². The van der Waals surface area contributed by atoms with Gasteiger partial charge in [0, 0.05) is 18.5 Å².